The second-order valence-electron chi connectivity index (χ2n) is 12.2. The first-order chi connectivity index (χ1) is 21.8. The van der Waals surface area contributed by atoms with E-state index in [2.05, 4.69) is 46.6 Å². The lowest BCUT2D eigenvalue weighted by Crippen LogP contribution is -2.39. The Bertz CT molecular complexity index is 1790. The van der Waals surface area contributed by atoms with Crippen LogP contribution in [0.3, 0.4) is 0 Å². The van der Waals surface area contributed by atoms with Crippen molar-refractivity contribution in [1.82, 2.24) is 28.9 Å². The molecule has 0 N–H and O–H groups in total. The van der Waals surface area contributed by atoms with Gasteiger partial charge in [-0.05, 0) is 35.1 Å². The fourth-order valence-electron chi connectivity index (χ4n) is 6.13. The minimum Gasteiger partial charge on any atom is -0.853 e. The molecule has 0 atom stereocenters. The molecular weight excluding hydrogens is 584 g/mol. The number of hydrogen-bond donors (Lipinski definition) is 0. The molecule has 0 aliphatic carbocycles. The van der Waals surface area contributed by atoms with Crippen LogP contribution in [0.25, 0.3) is 21.9 Å². The van der Waals surface area contributed by atoms with Crippen molar-refractivity contribution >= 4 is 33.9 Å². The molecule has 6 rings (SSSR count). The van der Waals surface area contributed by atoms with Gasteiger partial charge in [0.05, 0.1) is 29.1 Å². The summed E-state index contributed by atoms with van der Waals surface area (Å²) in [7, 11) is 1.68. The van der Waals surface area contributed by atoms with Crippen LogP contribution in [0.2, 0.25) is 0 Å². The Morgan fingerprint density at radius 2 is 1.84 bits per heavy atom. The maximum Gasteiger partial charge on any atom is 0.273 e. The summed E-state index contributed by atoms with van der Waals surface area (Å²) in [6.45, 7) is 6.81. The molecule has 0 saturated carbocycles. The standard InChI is InChI=1S/C35H39N6O3S/c1-24(2)33-37-32(22-45-33)35(44)40-13-11-25(12-14-40)18-41-23-36-17-27(41)19-39-20-30(31(21-39)34(43)38(3)15-16-42)29-10-6-8-26-7-4-5-9-28(26)29/h4-10,17,20-25H,11-16,18-19H2,1-3H3/q-1. The Balaban J connectivity index is 1.18. The number of carbonyl (C=O) groups excluding carboxylic acids is 2. The summed E-state index contributed by atoms with van der Waals surface area (Å²) < 4.78 is 4.24. The van der Waals surface area contributed by atoms with Crippen molar-refractivity contribution in [3.05, 3.63) is 94.7 Å². The topological polar surface area (TPSA) is 99.3 Å². The molecule has 234 valence electrons. The zero-order valence-electron chi connectivity index (χ0n) is 26.1. The van der Waals surface area contributed by atoms with Crippen molar-refractivity contribution in [2.24, 2.45) is 5.92 Å². The van der Waals surface area contributed by atoms with Crippen LogP contribution in [0, 0.1) is 5.92 Å². The monoisotopic (exact) mass is 623 g/mol. The average Bonchev–Trinajstić information content (AvgIpc) is 3.82. The third-order valence-electron chi connectivity index (χ3n) is 8.70. The second-order valence-corrected chi connectivity index (χ2v) is 13.1. The number of nitrogens with zero attached hydrogens (tertiary/aromatic N) is 6. The lowest BCUT2D eigenvalue weighted by molar-refractivity contribution is -0.367. The third-order valence-corrected chi connectivity index (χ3v) is 9.84. The first-order valence-electron chi connectivity index (χ1n) is 15.6. The lowest BCUT2D eigenvalue weighted by atomic mass is 9.96. The van der Waals surface area contributed by atoms with Gasteiger partial charge in [-0.15, -0.1) is 17.9 Å². The Morgan fingerprint density at radius 3 is 2.60 bits per heavy atom. The van der Waals surface area contributed by atoms with Gasteiger partial charge in [-0.25, -0.2) is 9.97 Å². The van der Waals surface area contributed by atoms with E-state index in [0.29, 0.717) is 29.6 Å². The number of aromatic nitrogens is 4. The molecule has 0 spiro atoms. The fourth-order valence-corrected chi connectivity index (χ4v) is 6.94. The molecule has 10 heteroatoms. The third kappa shape index (κ3) is 6.57. The zero-order valence-corrected chi connectivity index (χ0v) is 26.9. The van der Waals surface area contributed by atoms with E-state index in [1.54, 1.807) is 18.4 Å². The van der Waals surface area contributed by atoms with Gasteiger partial charge in [0.15, 0.2) is 0 Å². The Kier molecular flexibility index (Phi) is 9.14. The summed E-state index contributed by atoms with van der Waals surface area (Å²) in [5.41, 5.74) is 4.01. The summed E-state index contributed by atoms with van der Waals surface area (Å²) in [5, 5.41) is 16.4. The highest BCUT2D eigenvalue weighted by molar-refractivity contribution is 7.09. The molecule has 0 unspecified atom stereocenters. The highest BCUT2D eigenvalue weighted by Gasteiger charge is 2.26. The average molecular weight is 624 g/mol. The van der Waals surface area contributed by atoms with Gasteiger partial charge in [0.25, 0.3) is 11.8 Å². The van der Waals surface area contributed by atoms with Gasteiger partial charge >= 0.3 is 0 Å². The van der Waals surface area contributed by atoms with Crippen molar-refractivity contribution in [3.8, 4) is 11.1 Å². The van der Waals surface area contributed by atoms with Crippen LogP contribution in [-0.2, 0) is 13.1 Å². The van der Waals surface area contributed by atoms with Gasteiger partial charge in [0, 0.05) is 68.7 Å². The summed E-state index contributed by atoms with van der Waals surface area (Å²) >= 11 is 1.56. The number of hydrogen-bond acceptors (Lipinski definition) is 6. The molecule has 0 radical (unpaired) electrons. The van der Waals surface area contributed by atoms with E-state index in [-0.39, 0.29) is 25.0 Å². The molecule has 5 aromatic rings. The highest BCUT2D eigenvalue weighted by atomic mass is 32.1. The summed E-state index contributed by atoms with van der Waals surface area (Å²) in [6.07, 6.45) is 9.53. The number of rotatable bonds is 10. The number of fused-ring (bicyclic) bond motifs is 1. The first-order valence-corrected chi connectivity index (χ1v) is 16.5. The zero-order chi connectivity index (χ0) is 31.5. The van der Waals surface area contributed by atoms with Crippen LogP contribution in [0.1, 0.15) is 64.2 Å². The minimum atomic E-state index is -0.344. The van der Waals surface area contributed by atoms with E-state index in [1.807, 2.05) is 64.0 Å². The quantitative estimate of drug-likeness (QED) is 0.215. The van der Waals surface area contributed by atoms with Crippen LogP contribution in [-0.4, -0.2) is 74.0 Å². The second kappa shape index (κ2) is 13.4. The van der Waals surface area contributed by atoms with Crippen LogP contribution in [0.4, 0.5) is 0 Å². The van der Waals surface area contributed by atoms with E-state index in [1.165, 1.54) is 4.90 Å². The van der Waals surface area contributed by atoms with Gasteiger partial charge in [-0.1, -0.05) is 56.3 Å². The van der Waals surface area contributed by atoms with Crippen molar-refractivity contribution in [2.45, 2.75) is 45.7 Å². The van der Waals surface area contributed by atoms with Gasteiger partial charge in [0.2, 0.25) is 0 Å². The van der Waals surface area contributed by atoms with E-state index in [9.17, 15) is 14.7 Å². The Morgan fingerprint density at radius 1 is 1.07 bits per heavy atom. The van der Waals surface area contributed by atoms with Gasteiger partial charge in [-0.2, -0.15) is 0 Å². The molecule has 2 aromatic carbocycles. The number of thiazole rings is 1. The number of imidazole rings is 1. The van der Waals surface area contributed by atoms with Crippen LogP contribution >= 0.6 is 11.3 Å². The lowest BCUT2D eigenvalue weighted by Gasteiger charge is -2.32. The molecule has 1 aliphatic rings. The number of benzene rings is 2. The molecule has 0 bridgehead atoms. The maximum absolute atomic E-state index is 13.5. The Hall–Kier alpha value is -4.28. The Labute approximate surface area is 267 Å². The first kappa shape index (κ1) is 30.7. The van der Waals surface area contributed by atoms with E-state index < -0.39 is 0 Å². The van der Waals surface area contributed by atoms with Crippen molar-refractivity contribution in [2.75, 3.05) is 33.3 Å². The number of amides is 2. The normalized spacial score (nSPS) is 14.0. The minimum absolute atomic E-state index is 0.0285. The molecule has 2 amide bonds. The van der Waals surface area contributed by atoms with Crippen LogP contribution < -0.4 is 5.11 Å². The van der Waals surface area contributed by atoms with Gasteiger partial charge < -0.3 is 24.0 Å². The summed E-state index contributed by atoms with van der Waals surface area (Å²) in [6, 6.07) is 14.3. The molecule has 9 nitrogen and oxygen atoms in total. The molecule has 4 heterocycles. The van der Waals surface area contributed by atoms with Crippen LogP contribution in [0.15, 0.2) is 72.8 Å². The highest BCUT2D eigenvalue weighted by Crippen LogP contribution is 2.33. The van der Waals surface area contributed by atoms with Crippen molar-refractivity contribution in [1.29, 1.82) is 0 Å². The predicted octanol–water partition coefficient (Wildman–Crippen LogP) is 5.12. The van der Waals surface area contributed by atoms with E-state index in [4.69, 9.17) is 0 Å². The molecule has 1 fully saturated rings. The van der Waals surface area contributed by atoms with E-state index in [0.717, 1.165) is 65.1 Å². The smallest absolute Gasteiger partial charge is 0.273 e. The van der Waals surface area contributed by atoms with Crippen molar-refractivity contribution < 1.29 is 14.7 Å². The summed E-state index contributed by atoms with van der Waals surface area (Å²) in [4.78, 5) is 39.1. The van der Waals surface area contributed by atoms with Crippen molar-refractivity contribution in [3.63, 3.8) is 0 Å². The molecule has 3 aromatic heterocycles. The molecule has 1 aliphatic heterocycles. The van der Waals surface area contributed by atoms with E-state index >= 15 is 0 Å². The largest absolute Gasteiger partial charge is 0.853 e. The molecular formula is C35H39N6O3S-. The molecule has 45 heavy (non-hydrogen) atoms. The molecule has 1 saturated heterocycles. The maximum atomic E-state index is 13.5. The number of likely N-dealkylation sites (tertiary alicyclic amines) is 1. The number of piperidine rings is 1. The number of likely N-dealkylation sites (N-methyl/N-ethyl adjacent to an activating group) is 1. The van der Waals surface area contributed by atoms with Gasteiger partial charge in [-0.3, -0.25) is 9.59 Å². The van der Waals surface area contributed by atoms with Gasteiger partial charge in [0.1, 0.15) is 5.69 Å². The predicted molar refractivity (Wildman–Crippen MR) is 175 cm³/mol. The fraction of sp³-hybridized carbons (Fsp3) is 0.371. The van der Waals surface area contributed by atoms with Crippen LogP contribution in [0.5, 0.6) is 0 Å². The number of carbonyl (C=O) groups is 2. The summed E-state index contributed by atoms with van der Waals surface area (Å²) in [5.74, 6) is 0.610. The SMILES string of the molecule is CC(C)c1nc(C(=O)N2CCC(Cn3cncc3Cn3cc(C(=O)N(C)CC[O-])c(-c4cccc5ccccc45)c3)CC2)cs1.